The minimum absolute atomic E-state index is 0. The van der Waals surface area contributed by atoms with Gasteiger partial charge in [-0.3, -0.25) is 14.3 Å². The van der Waals surface area contributed by atoms with Gasteiger partial charge in [-0.25, -0.2) is 0 Å². The van der Waals surface area contributed by atoms with E-state index in [1.165, 1.54) is 0 Å². The van der Waals surface area contributed by atoms with Gasteiger partial charge < -0.3 is 9.64 Å². The summed E-state index contributed by atoms with van der Waals surface area (Å²) in [5.41, 5.74) is 2.86. The highest BCUT2D eigenvalue weighted by molar-refractivity contribution is 9.10. The van der Waals surface area contributed by atoms with Crippen molar-refractivity contribution in [1.29, 1.82) is 10.5 Å². The summed E-state index contributed by atoms with van der Waals surface area (Å²) in [4.78, 5) is 17.7. The number of likely N-dealkylation sites (N-methyl/N-ethyl adjacent to an activating group) is 1. The van der Waals surface area contributed by atoms with E-state index in [2.05, 4.69) is 44.9 Å². The minimum Gasteiger partial charge on any atom is -0.496 e. The third-order valence-corrected chi connectivity index (χ3v) is 6.55. The van der Waals surface area contributed by atoms with E-state index in [1.807, 2.05) is 18.2 Å². The molecule has 35 heavy (non-hydrogen) atoms. The molecule has 2 aromatic carbocycles. The minimum atomic E-state index is -0.0375. The van der Waals surface area contributed by atoms with Crippen molar-refractivity contribution in [3.63, 3.8) is 0 Å². The second-order valence-corrected chi connectivity index (χ2v) is 9.20. The van der Waals surface area contributed by atoms with Crippen LogP contribution in [0.15, 0.2) is 47.1 Å². The van der Waals surface area contributed by atoms with Gasteiger partial charge in [-0.05, 0) is 49.5 Å². The lowest BCUT2D eigenvalue weighted by atomic mass is 10.0. The molecule has 0 radical (unpaired) electrons. The topological polar surface area (TPSA) is 85.3 Å². The number of aromatic nitrogens is 1. The third-order valence-electron chi connectivity index (χ3n) is 6.06. The number of nitriles is 2. The highest BCUT2D eigenvalue weighted by Gasteiger charge is 2.21. The van der Waals surface area contributed by atoms with Crippen molar-refractivity contribution in [2.45, 2.75) is 0 Å². The second-order valence-electron chi connectivity index (χ2n) is 8.29. The zero-order valence-electron chi connectivity index (χ0n) is 19.5. The Labute approximate surface area is 219 Å². The maximum absolute atomic E-state index is 13.3. The van der Waals surface area contributed by atoms with Gasteiger partial charge in [-0.15, -0.1) is 12.4 Å². The molecule has 2 heterocycles. The molecule has 7 nitrogen and oxygen atoms in total. The number of methoxy groups -OCH3 is 1. The molecule has 3 aromatic rings. The van der Waals surface area contributed by atoms with E-state index in [9.17, 15) is 15.3 Å². The summed E-state index contributed by atoms with van der Waals surface area (Å²) >= 11 is 3.51. The first-order valence-electron chi connectivity index (χ1n) is 10.9. The number of nitrogens with zero attached hydrogens (tertiary/aromatic N) is 5. The van der Waals surface area contributed by atoms with Gasteiger partial charge in [-0.1, -0.05) is 15.9 Å². The number of hydrogen-bond donors (Lipinski definition) is 0. The molecule has 1 aliphatic heterocycles. The van der Waals surface area contributed by atoms with Gasteiger partial charge in [0.1, 0.15) is 5.75 Å². The Hall–Kier alpha value is -3.14. The van der Waals surface area contributed by atoms with Crippen LogP contribution in [0, 0.1) is 22.7 Å². The van der Waals surface area contributed by atoms with Crippen molar-refractivity contribution in [3.8, 4) is 17.9 Å². The predicted octanol–water partition coefficient (Wildman–Crippen LogP) is 4.66. The van der Waals surface area contributed by atoms with Gasteiger partial charge in [0.2, 0.25) is 5.91 Å². The molecule has 1 aliphatic rings. The van der Waals surface area contributed by atoms with E-state index in [0.29, 0.717) is 34.6 Å². The normalized spacial score (nSPS) is 14.7. The number of carbonyl (C=O) groups is 1. The Morgan fingerprint density at radius 1 is 1.14 bits per heavy atom. The molecule has 9 heteroatoms. The lowest BCUT2D eigenvalue weighted by Crippen LogP contribution is -2.46. The molecular formula is C26H25BrClN5O2. The average Bonchev–Trinajstić information content (AvgIpc) is 3.22. The lowest BCUT2D eigenvalue weighted by Gasteiger charge is -2.31. The zero-order chi connectivity index (χ0) is 24.2. The van der Waals surface area contributed by atoms with Crippen LogP contribution in [0.4, 0.5) is 0 Å². The highest BCUT2D eigenvalue weighted by atomic mass is 79.9. The van der Waals surface area contributed by atoms with E-state index in [0.717, 1.165) is 41.6 Å². The van der Waals surface area contributed by atoms with Crippen molar-refractivity contribution in [2.24, 2.45) is 0 Å². The van der Waals surface area contributed by atoms with Crippen LogP contribution in [0.5, 0.6) is 5.75 Å². The second kappa shape index (κ2) is 11.5. The van der Waals surface area contributed by atoms with Crippen LogP contribution in [0.3, 0.4) is 0 Å². The molecule has 1 aromatic heterocycles. The van der Waals surface area contributed by atoms with Crippen LogP contribution in [0.2, 0.25) is 0 Å². The molecule has 0 bridgehead atoms. The van der Waals surface area contributed by atoms with Gasteiger partial charge in [0.25, 0.3) is 0 Å². The predicted molar refractivity (Wildman–Crippen MR) is 143 cm³/mol. The molecule has 0 spiro atoms. The van der Waals surface area contributed by atoms with Crippen LogP contribution in [0.1, 0.15) is 21.5 Å². The lowest BCUT2D eigenvalue weighted by molar-refractivity contribution is 0.0801. The van der Waals surface area contributed by atoms with E-state index in [1.54, 1.807) is 42.1 Å². The summed E-state index contributed by atoms with van der Waals surface area (Å²) in [5.74, 6) is 0.521. The number of piperazine rings is 1. The van der Waals surface area contributed by atoms with Crippen LogP contribution in [-0.4, -0.2) is 67.2 Å². The van der Waals surface area contributed by atoms with Crippen molar-refractivity contribution >= 4 is 56.8 Å². The molecular weight excluding hydrogens is 530 g/mol. The van der Waals surface area contributed by atoms with Crippen molar-refractivity contribution in [2.75, 3.05) is 46.9 Å². The number of allylic oxidation sites excluding steroid dienone is 1. The van der Waals surface area contributed by atoms with E-state index in [4.69, 9.17) is 4.74 Å². The Kier molecular flexibility index (Phi) is 8.71. The zero-order valence-corrected chi connectivity index (χ0v) is 21.9. The van der Waals surface area contributed by atoms with E-state index < -0.39 is 0 Å². The largest absolute Gasteiger partial charge is 0.496 e. The molecule has 0 aliphatic carbocycles. The molecule has 0 amide bonds. The molecule has 1 fully saturated rings. The summed E-state index contributed by atoms with van der Waals surface area (Å²) in [6.45, 7) is 3.87. The summed E-state index contributed by atoms with van der Waals surface area (Å²) in [7, 11) is 3.63. The summed E-state index contributed by atoms with van der Waals surface area (Å²) in [5, 5.41) is 20.1. The van der Waals surface area contributed by atoms with Gasteiger partial charge in [0.15, 0.2) is 0 Å². The summed E-state index contributed by atoms with van der Waals surface area (Å²) < 4.78 is 7.93. The molecule has 0 atom stereocenters. The third kappa shape index (κ3) is 5.75. The number of ether oxygens (including phenoxy) is 1. The first-order chi connectivity index (χ1) is 16.4. The molecule has 4 rings (SSSR count). The fraction of sp³-hybridized carbons (Fsp3) is 0.269. The number of halogens is 2. The number of fused-ring (bicyclic) bond motifs is 1. The molecule has 0 saturated carbocycles. The smallest absolute Gasteiger partial charge is 0.245 e. The SMILES string of the molecule is COc1ccc(C#N)cc1/C=C(\C#N)c1cn(C(=O)CN2CCN(C)CC2)c2ccc(Br)cc12.Cl. The Morgan fingerprint density at radius 3 is 2.54 bits per heavy atom. The maximum atomic E-state index is 13.3. The quantitative estimate of drug-likeness (QED) is 0.427. The summed E-state index contributed by atoms with van der Waals surface area (Å²) in [6.07, 6.45) is 3.44. The van der Waals surface area contributed by atoms with Crippen LogP contribution in [0.25, 0.3) is 22.6 Å². The van der Waals surface area contributed by atoms with Crippen molar-refractivity contribution in [3.05, 3.63) is 63.8 Å². The number of benzene rings is 2. The van der Waals surface area contributed by atoms with E-state index in [-0.39, 0.29) is 18.3 Å². The number of carbonyl (C=O) groups excluding carboxylic acids is 1. The van der Waals surface area contributed by atoms with Gasteiger partial charge in [-0.2, -0.15) is 10.5 Å². The standard InChI is InChI=1S/C26H24BrN5O2.ClH/c1-30-7-9-31(10-8-30)17-26(33)32-16-23(22-13-21(27)4-5-24(22)32)20(15-29)12-19-11-18(14-28)3-6-25(19)34-2;/h3-6,11-13,16H,7-10,17H2,1-2H3;1H/b20-12+;. The van der Waals surface area contributed by atoms with Crippen LogP contribution in [-0.2, 0) is 0 Å². The van der Waals surface area contributed by atoms with Gasteiger partial charge >= 0.3 is 0 Å². The Balaban J connectivity index is 0.00000342. The van der Waals surface area contributed by atoms with Gasteiger partial charge in [0, 0.05) is 53.4 Å². The molecule has 0 N–H and O–H groups in total. The number of rotatable bonds is 5. The average molecular weight is 555 g/mol. The number of hydrogen-bond acceptors (Lipinski definition) is 6. The molecule has 180 valence electrons. The molecule has 0 unspecified atom stereocenters. The van der Waals surface area contributed by atoms with Crippen molar-refractivity contribution in [1.82, 2.24) is 14.4 Å². The Morgan fingerprint density at radius 2 is 1.89 bits per heavy atom. The van der Waals surface area contributed by atoms with Crippen LogP contribution >= 0.6 is 28.3 Å². The first-order valence-corrected chi connectivity index (χ1v) is 11.7. The summed E-state index contributed by atoms with van der Waals surface area (Å²) in [6, 6.07) is 15.1. The van der Waals surface area contributed by atoms with Gasteiger partial charge in [0.05, 0.1) is 42.4 Å². The highest BCUT2D eigenvalue weighted by Crippen LogP contribution is 2.32. The fourth-order valence-corrected chi connectivity index (χ4v) is 4.50. The fourth-order valence-electron chi connectivity index (χ4n) is 4.14. The van der Waals surface area contributed by atoms with Crippen molar-refractivity contribution < 1.29 is 9.53 Å². The van der Waals surface area contributed by atoms with Crippen LogP contribution < -0.4 is 4.74 Å². The Bertz CT molecular complexity index is 1360. The maximum Gasteiger partial charge on any atom is 0.245 e. The first kappa shape index (κ1) is 26.5. The monoisotopic (exact) mass is 553 g/mol. The van der Waals surface area contributed by atoms with E-state index >= 15 is 0 Å². The molecule has 1 saturated heterocycles.